The molecule has 64 valence electrons. The third-order valence-electron chi connectivity index (χ3n) is 1.70. The second-order valence-electron chi connectivity index (χ2n) is 2.70. The van der Waals surface area contributed by atoms with Crippen LogP contribution in [-0.2, 0) is 4.18 Å². The van der Waals surface area contributed by atoms with Crippen LogP contribution in [0, 0.1) is 13.8 Å². The molecule has 0 N–H and O–H groups in total. The van der Waals surface area contributed by atoms with E-state index in [1.807, 2.05) is 26.0 Å². The minimum atomic E-state index is -0.403. The first kappa shape index (κ1) is 9.13. The summed E-state index contributed by atoms with van der Waals surface area (Å²) in [6.07, 6.45) is 0. The number of carbonyl (C=O) groups excluding carboxylic acids is 1. The van der Waals surface area contributed by atoms with Crippen LogP contribution in [0.5, 0.6) is 0 Å². The van der Waals surface area contributed by atoms with Crippen molar-refractivity contribution in [2.24, 2.45) is 0 Å². The van der Waals surface area contributed by atoms with Crippen molar-refractivity contribution in [2.75, 3.05) is 0 Å². The van der Waals surface area contributed by atoms with E-state index >= 15 is 0 Å². The summed E-state index contributed by atoms with van der Waals surface area (Å²) in [6.45, 7) is 3.79. The Morgan fingerprint density at radius 3 is 2.67 bits per heavy atom. The lowest BCUT2D eigenvalue weighted by Gasteiger charge is -2.02. The Morgan fingerprint density at radius 1 is 1.42 bits per heavy atom. The van der Waals surface area contributed by atoms with Gasteiger partial charge in [0.25, 0.3) is 0 Å². The smallest absolute Gasteiger partial charge is 0.350 e. The molecule has 1 aromatic rings. The fourth-order valence-electron chi connectivity index (χ4n) is 1.00. The number of thiol groups is 1. The number of rotatable bonds is 1. The van der Waals surface area contributed by atoms with E-state index in [1.165, 1.54) is 0 Å². The van der Waals surface area contributed by atoms with Crippen LogP contribution in [0.1, 0.15) is 21.5 Å². The van der Waals surface area contributed by atoms with E-state index in [1.54, 1.807) is 6.07 Å². The molecule has 0 saturated heterocycles. The maximum Gasteiger partial charge on any atom is 0.350 e. The molecule has 0 heterocycles. The van der Waals surface area contributed by atoms with Crippen molar-refractivity contribution >= 4 is 18.9 Å². The lowest BCUT2D eigenvalue weighted by molar-refractivity contribution is 0.0771. The fraction of sp³-hybridized carbons (Fsp3) is 0.222. The quantitative estimate of drug-likeness (QED) is 0.533. The van der Waals surface area contributed by atoms with Crippen LogP contribution in [0.3, 0.4) is 0 Å². The topological polar surface area (TPSA) is 26.3 Å². The Kier molecular flexibility index (Phi) is 2.76. The van der Waals surface area contributed by atoms with Crippen LogP contribution in [0.2, 0.25) is 0 Å². The maximum absolute atomic E-state index is 11.1. The average molecular weight is 182 g/mol. The third-order valence-corrected chi connectivity index (χ3v) is 1.86. The molecule has 0 bridgehead atoms. The molecule has 12 heavy (non-hydrogen) atoms. The fourth-order valence-corrected chi connectivity index (χ4v) is 1.10. The largest absolute Gasteiger partial charge is 0.391 e. The average Bonchev–Trinajstić information content (AvgIpc) is 2.08. The summed E-state index contributed by atoms with van der Waals surface area (Å²) in [5.74, 6) is -0.403. The van der Waals surface area contributed by atoms with E-state index < -0.39 is 5.97 Å². The molecular weight excluding hydrogens is 172 g/mol. The molecule has 0 aliphatic heterocycles. The summed E-state index contributed by atoms with van der Waals surface area (Å²) in [7, 11) is 0. The van der Waals surface area contributed by atoms with Crippen LogP contribution in [0.4, 0.5) is 0 Å². The van der Waals surface area contributed by atoms with Gasteiger partial charge in [-0.1, -0.05) is 17.7 Å². The van der Waals surface area contributed by atoms with Crippen LogP contribution in [-0.4, -0.2) is 5.97 Å². The summed E-state index contributed by atoms with van der Waals surface area (Å²) >= 11 is 3.46. The van der Waals surface area contributed by atoms with Gasteiger partial charge in [0.2, 0.25) is 0 Å². The molecule has 0 aliphatic carbocycles. The molecule has 1 aromatic carbocycles. The molecular formula is C9H10O2S. The second kappa shape index (κ2) is 3.63. The van der Waals surface area contributed by atoms with Gasteiger partial charge in [0, 0.05) is 12.9 Å². The lowest BCUT2D eigenvalue weighted by atomic mass is 10.1. The number of carbonyl (C=O) groups is 1. The normalized spacial score (nSPS) is 9.58. The van der Waals surface area contributed by atoms with Gasteiger partial charge in [-0.15, -0.1) is 0 Å². The van der Waals surface area contributed by atoms with Crippen LogP contribution in [0.15, 0.2) is 18.2 Å². The van der Waals surface area contributed by atoms with Gasteiger partial charge in [-0.3, -0.25) is 0 Å². The minimum absolute atomic E-state index is 0.403. The standard InChI is InChI=1S/C9H10O2S/c1-6-3-4-7(2)8(5-6)9(10)11-12/h3-5,12H,1-2H3. The summed E-state index contributed by atoms with van der Waals surface area (Å²) in [6, 6.07) is 5.62. The van der Waals surface area contributed by atoms with Gasteiger partial charge in [0.1, 0.15) is 0 Å². The Balaban J connectivity index is 3.13. The highest BCUT2D eigenvalue weighted by atomic mass is 32.1. The number of hydrogen-bond acceptors (Lipinski definition) is 3. The van der Waals surface area contributed by atoms with Crippen molar-refractivity contribution < 1.29 is 8.98 Å². The van der Waals surface area contributed by atoms with Gasteiger partial charge in [-0.05, 0) is 25.5 Å². The van der Waals surface area contributed by atoms with Crippen molar-refractivity contribution in [1.29, 1.82) is 0 Å². The number of aryl methyl sites for hydroxylation is 2. The molecule has 0 fully saturated rings. The zero-order valence-corrected chi connectivity index (χ0v) is 7.89. The van der Waals surface area contributed by atoms with Crippen molar-refractivity contribution in [2.45, 2.75) is 13.8 Å². The summed E-state index contributed by atoms with van der Waals surface area (Å²) < 4.78 is 4.33. The predicted octanol–water partition coefficient (Wildman–Crippen LogP) is 2.31. The maximum atomic E-state index is 11.1. The zero-order chi connectivity index (χ0) is 9.14. The molecule has 0 saturated carbocycles. The highest BCUT2D eigenvalue weighted by Gasteiger charge is 2.08. The number of hydrogen-bond donors (Lipinski definition) is 1. The molecule has 0 unspecified atom stereocenters. The van der Waals surface area contributed by atoms with Crippen molar-refractivity contribution in [3.05, 3.63) is 34.9 Å². The summed E-state index contributed by atoms with van der Waals surface area (Å²) in [5, 5.41) is 0. The molecule has 0 spiro atoms. The minimum Gasteiger partial charge on any atom is -0.391 e. The molecule has 3 heteroatoms. The highest BCUT2D eigenvalue weighted by molar-refractivity contribution is 7.75. The third kappa shape index (κ3) is 1.80. The molecule has 0 aromatic heterocycles. The van der Waals surface area contributed by atoms with E-state index in [0.29, 0.717) is 5.56 Å². The molecule has 0 atom stereocenters. The van der Waals surface area contributed by atoms with Crippen molar-refractivity contribution in [3.63, 3.8) is 0 Å². The van der Waals surface area contributed by atoms with Gasteiger partial charge < -0.3 is 4.18 Å². The van der Waals surface area contributed by atoms with Crippen molar-refractivity contribution in [1.82, 2.24) is 0 Å². The van der Waals surface area contributed by atoms with E-state index in [2.05, 4.69) is 17.1 Å². The second-order valence-corrected chi connectivity index (χ2v) is 2.88. The van der Waals surface area contributed by atoms with Crippen LogP contribution >= 0.6 is 12.9 Å². The molecule has 0 radical (unpaired) electrons. The first-order valence-electron chi connectivity index (χ1n) is 3.58. The number of benzene rings is 1. The van der Waals surface area contributed by atoms with E-state index in [9.17, 15) is 4.79 Å². The van der Waals surface area contributed by atoms with Gasteiger partial charge in [0.15, 0.2) is 0 Å². The Morgan fingerprint density at radius 2 is 2.08 bits per heavy atom. The lowest BCUT2D eigenvalue weighted by Crippen LogP contribution is -2.01. The monoisotopic (exact) mass is 182 g/mol. The summed E-state index contributed by atoms with van der Waals surface area (Å²) in [4.78, 5) is 11.1. The first-order chi connectivity index (χ1) is 5.65. The highest BCUT2D eigenvalue weighted by Crippen LogP contribution is 2.12. The summed E-state index contributed by atoms with van der Waals surface area (Å²) in [5.41, 5.74) is 2.51. The Hall–Kier alpha value is -0.960. The Bertz CT molecular complexity index is 307. The van der Waals surface area contributed by atoms with E-state index in [-0.39, 0.29) is 0 Å². The van der Waals surface area contributed by atoms with Gasteiger partial charge >= 0.3 is 5.97 Å². The first-order valence-corrected chi connectivity index (χ1v) is 3.94. The van der Waals surface area contributed by atoms with Crippen LogP contribution in [0.25, 0.3) is 0 Å². The van der Waals surface area contributed by atoms with Crippen molar-refractivity contribution in [3.8, 4) is 0 Å². The molecule has 2 nitrogen and oxygen atoms in total. The van der Waals surface area contributed by atoms with E-state index in [4.69, 9.17) is 0 Å². The SMILES string of the molecule is Cc1ccc(C)c(C(=O)OS)c1. The van der Waals surface area contributed by atoms with Crippen LogP contribution < -0.4 is 0 Å². The predicted molar refractivity (Wildman–Crippen MR) is 50.3 cm³/mol. The van der Waals surface area contributed by atoms with Gasteiger partial charge in [-0.2, -0.15) is 0 Å². The van der Waals surface area contributed by atoms with Gasteiger partial charge in [0.05, 0.1) is 5.56 Å². The van der Waals surface area contributed by atoms with E-state index in [0.717, 1.165) is 11.1 Å². The molecule has 0 aliphatic rings. The molecule has 0 amide bonds. The molecule has 1 rings (SSSR count). The van der Waals surface area contributed by atoms with Gasteiger partial charge in [-0.25, -0.2) is 4.79 Å². The Labute approximate surface area is 77.2 Å². The zero-order valence-electron chi connectivity index (χ0n) is 7.00.